The van der Waals surface area contributed by atoms with Gasteiger partial charge in [0.05, 0.1) is 5.56 Å². The van der Waals surface area contributed by atoms with Crippen molar-refractivity contribution in [3.8, 4) is 0 Å². The Labute approximate surface area is 140 Å². The van der Waals surface area contributed by atoms with Crippen molar-refractivity contribution in [1.29, 1.82) is 0 Å². The fourth-order valence-corrected chi connectivity index (χ4v) is 2.60. The molecular formula is C19H19NO4. The van der Waals surface area contributed by atoms with Crippen LogP contribution in [0.4, 0.5) is 0 Å². The van der Waals surface area contributed by atoms with E-state index in [1.165, 1.54) is 0 Å². The second kappa shape index (κ2) is 7.86. The summed E-state index contributed by atoms with van der Waals surface area (Å²) in [7, 11) is 0. The molecule has 124 valence electrons. The lowest BCUT2D eigenvalue weighted by molar-refractivity contribution is -0.186. The topological polar surface area (TPSA) is 64.6 Å². The highest BCUT2D eigenvalue weighted by Gasteiger charge is 2.20. The van der Waals surface area contributed by atoms with Crippen LogP contribution in [-0.4, -0.2) is 24.6 Å². The highest BCUT2D eigenvalue weighted by Crippen LogP contribution is 2.16. The van der Waals surface area contributed by atoms with E-state index in [0.29, 0.717) is 17.7 Å². The van der Waals surface area contributed by atoms with Crippen LogP contribution in [-0.2, 0) is 9.57 Å². The van der Waals surface area contributed by atoms with Gasteiger partial charge in [-0.3, -0.25) is 9.59 Å². The number of benzene rings is 2. The Kier molecular flexibility index (Phi) is 5.36. The molecule has 1 amide bonds. The van der Waals surface area contributed by atoms with E-state index in [-0.39, 0.29) is 11.3 Å². The third-order valence-corrected chi connectivity index (χ3v) is 3.87. The Bertz CT molecular complexity index is 708. The molecule has 0 radical (unpaired) electrons. The summed E-state index contributed by atoms with van der Waals surface area (Å²) in [4.78, 5) is 30.3. The Morgan fingerprint density at radius 2 is 1.67 bits per heavy atom. The van der Waals surface area contributed by atoms with Gasteiger partial charge >= 0.3 is 0 Å². The molecule has 0 spiro atoms. The molecule has 24 heavy (non-hydrogen) atoms. The van der Waals surface area contributed by atoms with E-state index in [4.69, 9.17) is 9.57 Å². The Hall–Kier alpha value is -2.50. The van der Waals surface area contributed by atoms with E-state index >= 15 is 0 Å². The number of carbonyl (C=O) groups is 2. The maximum atomic E-state index is 12.6. The Balaban J connectivity index is 1.73. The molecule has 1 fully saturated rings. The highest BCUT2D eigenvalue weighted by atomic mass is 16.8. The van der Waals surface area contributed by atoms with Gasteiger partial charge in [-0.15, -0.1) is 0 Å². The monoisotopic (exact) mass is 325 g/mol. The second-order valence-electron chi connectivity index (χ2n) is 5.59. The molecule has 2 aromatic rings. The minimum atomic E-state index is -0.455. The molecule has 0 unspecified atom stereocenters. The molecule has 1 atom stereocenters. The van der Waals surface area contributed by atoms with Gasteiger partial charge in [0.1, 0.15) is 0 Å². The molecule has 1 aliphatic rings. The highest BCUT2D eigenvalue weighted by molar-refractivity contribution is 6.15. The zero-order valence-corrected chi connectivity index (χ0v) is 13.2. The summed E-state index contributed by atoms with van der Waals surface area (Å²) in [5.41, 5.74) is 3.56. The van der Waals surface area contributed by atoms with Crippen molar-refractivity contribution in [2.24, 2.45) is 0 Å². The molecular weight excluding hydrogens is 306 g/mol. The van der Waals surface area contributed by atoms with E-state index in [1.54, 1.807) is 48.5 Å². The predicted octanol–water partition coefficient (Wildman–Crippen LogP) is 3.11. The second-order valence-corrected chi connectivity index (χ2v) is 5.59. The van der Waals surface area contributed by atoms with E-state index in [0.717, 1.165) is 19.3 Å². The maximum absolute atomic E-state index is 12.6. The number of hydrogen-bond acceptors (Lipinski definition) is 4. The number of ether oxygens (including phenoxy) is 1. The average Bonchev–Trinajstić information content (AvgIpc) is 2.67. The predicted molar refractivity (Wildman–Crippen MR) is 88.5 cm³/mol. The lowest BCUT2D eigenvalue weighted by Crippen LogP contribution is -2.33. The van der Waals surface area contributed by atoms with E-state index in [1.807, 2.05) is 6.07 Å². The van der Waals surface area contributed by atoms with Gasteiger partial charge in [0.15, 0.2) is 12.1 Å². The molecule has 0 aromatic heterocycles. The first-order valence-electron chi connectivity index (χ1n) is 8.02. The third kappa shape index (κ3) is 3.88. The summed E-state index contributed by atoms with van der Waals surface area (Å²) in [6, 6.07) is 15.6. The lowest BCUT2D eigenvalue weighted by Gasteiger charge is -2.22. The molecule has 5 nitrogen and oxygen atoms in total. The molecule has 1 N–H and O–H groups in total. The number of hydrogen-bond donors (Lipinski definition) is 1. The van der Waals surface area contributed by atoms with E-state index in [2.05, 4.69) is 5.48 Å². The molecule has 0 saturated carbocycles. The van der Waals surface area contributed by atoms with Crippen molar-refractivity contribution < 1.29 is 19.2 Å². The molecule has 1 saturated heterocycles. The van der Waals surface area contributed by atoms with Crippen LogP contribution in [0.1, 0.15) is 45.5 Å². The number of nitrogens with one attached hydrogen (secondary N) is 1. The van der Waals surface area contributed by atoms with Gasteiger partial charge in [0.2, 0.25) is 0 Å². The first kappa shape index (κ1) is 16.4. The number of hydroxylamine groups is 1. The zero-order chi connectivity index (χ0) is 16.8. The largest absolute Gasteiger partial charge is 0.350 e. The minimum Gasteiger partial charge on any atom is -0.350 e. The SMILES string of the molecule is O=C(NO[C@@H]1CCCCO1)c1ccccc1C(=O)c1ccccc1. The first-order chi connectivity index (χ1) is 11.8. The first-order valence-corrected chi connectivity index (χ1v) is 8.02. The van der Waals surface area contributed by atoms with Gasteiger partial charge < -0.3 is 4.74 Å². The summed E-state index contributed by atoms with van der Waals surface area (Å²) in [5.74, 6) is -0.653. The van der Waals surface area contributed by atoms with Gasteiger partial charge in [0.25, 0.3) is 5.91 Å². The lowest BCUT2D eigenvalue weighted by atomic mass is 9.98. The normalized spacial score (nSPS) is 17.2. The van der Waals surface area contributed by atoms with Crippen molar-refractivity contribution in [3.63, 3.8) is 0 Å². The van der Waals surface area contributed by atoms with Crippen LogP contribution in [0.2, 0.25) is 0 Å². The van der Waals surface area contributed by atoms with Gasteiger partial charge in [-0.2, -0.15) is 0 Å². The standard InChI is InChI=1S/C19H19NO4/c21-18(14-8-2-1-3-9-14)15-10-4-5-11-16(15)19(22)20-24-17-12-6-7-13-23-17/h1-5,8-11,17H,6-7,12-13H2,(H,20,22)/t17-/m1/s1. The van der Waals surface area contributed by atoms with Crippen LogP contribution >= 0.6 is 0 Å². The zero-order valence-electron chi connectivity index (χ0n) is 13.2. The Morgan fingerprint density at radius 1 is 0.958 bits per heavy atom. The molecule has 0 bridgehead atoms. The fraction of sp³-hybridized carbons (Fsp3) is 0.263. The van der Waals surface area contributed by atoms with Crippen LogP contribution in [0, 0.1) is 0 Å². The van der Waals surface area contributed by atoms with Crippen LogP contribution < -0.4 is 5.48 Å². The quantitative estimate of drug-likeness (QED) is 0.678. The van der Waals surface area contributed by atoms with Crippen LogP contribution in [0.25, 0.3) is 0 Å². The van der Waals surface area contributed by atoms with Gasteiger partial charge in [-0.1, -0.05) is 48.5 Å². The number of ketones is 1. The molecule has 5 heteroatoms. The van der Waals surface area contributed by atoms with E-state index in [9.17, 15) is 9.59 Å². The third-order valence-electron chi connectivity index (χ3n) is 3.87. The fourth-order valence-electron chi connectivity index (χ4n) is 2.60. The van der Waals surface area contributed by atoms with Crippen molar-refractivity contribution >= 4 is 11.7 Å². The molecule has 1 aliphatic heterocycles. The summed E-state index contributed by atoms with van der Waals surface area (Å²) in [6.07, 6.45) is 2.32. The van der Waals surface area contributed by atoms with E-state index < -0.39 is 12.2 Å². The average molecular weight is 325 g/mol. The van der Waals surface area contributed by atoms with Crippen LogP contribution in [0.5, 0.6) is 0 Å². The van der Waals surface area contributed by atoms with Gasteiger partial charge in [-0.25, -0.2) is 10.3 Å². The van der Waals surface area contributed by atoms with Crippen molar-refractivity contribution in [2.75, 3.05) is 6.61 Å². The molecule has 3 rings (SSSR count). The molecule has 2 aromatic carbocycles. The van der Waals surface area contributed by atoms with Crippen molar-refractivity contribution in [1.82, 2.24) is 5.48 Å². The summed E-state index contributed by atoms with van der Waals surface area (Å²) in [5, 5.41) is 0. The van der Waals surface area contributed by atoms with Crippen molar-refractivity contribution in [3.05, 3.63) is 71.3 Å². The van der Waals surface area contributed by atoms with Gasteiger partial charge in [-0.05, 0) is 18.9 Å². The maximum Gasteiger partial charge on any atom is 0.275 e. The number of carbonyl (C=O) groups excluding carboxylic acids is 2. The van der Waals surface area contributed by atoms with Crippen LogP contribution in [0.15, 0.2) is 54.6 Å². The van der Waals surface area contributed by atoms with Crippen molar-refractivity contribution in [2.45, 2.75) is 25.6 Å². The number of rotatable bonds is 5. The summed E-state index contributed by atoms with van der Waals surface area (Å²) < 4.78 is 5.41. The molecule has 0 aliphatic carbocycles. The summed E-state index contributed by atoms with van der Waals surface area (Å²) in [6.45, 7) is 0.629. The molecule has 1 heterocycles. The van der Waals surface area contributed by atoms with Crippen LogP contribution in [0.3, 0.4) is 0 Å². The van der Waals surface area contributed by atoms with Gasteiger partial charge in [0, 0.05) is 24.2 Å². The Morgan fingerprint density at radius 3 is 2.38 bits per heavy atom. The smallest absolute Gasteiger partial charge is 0.275 e. The minimum absolute atomic E-state index is 0.199. The summed E-state index contributed by atoms with van der Waals surface area (Å²) >= 11 is 0. The number of amides is 1.